The number of esters is 1. The van der Waals surface area contributed by atoms with Gasteiger partial charge in [-0.2, -0.15) is 0 Å². The number of carbonyl (C=O) groups excluding carboxylic acids is 1. The molecule has 0 atom stereocenters. The van der Waals surface area contributed by atoms with Crippen LogP contribution in [0.3, 0.4) is 0 Å². The highest BCUT2D eigenvalue weighted by molar-refractivity contribution is 5.98. The smallest absolute Gasteiger partial charge is 0.340 e. The largest absolute Gasteiger partial charge is 0.462 e. The minimum absolute atomic E-state index is 0.299. The fourth-order valence-corrected chi connectivity index (χ4v) is 2.46. The first-order valence-corrected chi connectivity index (χ1v) is 6.65. The van der Waals surface area contributed by atoms with Gasteiger partial charge >= 0.3 is 5.97 Å². The van der Waals surface area contributed by atoms with Crippen LogP contribution in [-0.2, 0) is 11.2 Å². The summed E-state index contributed by atoms with van der Waals surface area (Å²) < 4.78 is 5.13. The molecule has 0 fully saturated rings. The summed E-state index contributed by atoms with van der Waals surface area (Å²) in [5.74, 6) is 0.315. The first-order valence-electron chi connectivity index (χ1n) is 6.65. The Kier molecular flexibility index (Phi) is 3.33. The number of ether oxygens (including phenoxy) is 1. The SMILES string of the molecule is CCOC(=O)c1cccc2c1N(c1ncccn1)CC2. The molecule has 0 aliphatic carbocycles. The standard InChI is InChI=1S/C15H15N3O2/c1-2-20-14(19)12-6-3-5-11-7-10-18(13(11)12)15-16-8-4-9-17-15/h3-6,8-9H,2,7,10H2,1H3. The number of aromatic nitrogens is 2. The highest BCUT2D eigenvalue weighted by Crippen LogP contribution is 2.35. The lowest BCUT2D eigenvalue weighted by Crippen LogP contribution is -2.19. The predicted octanol–water partition coefficient (Wildman–Crippen LogP) is 2.35. The minimum Gasteiger partial charge on any atom is -0.462 e. The third-order valence-corrected chi connectivity index (χ3v) is 3.28. The summed E-state index contributed by atoms with van der Waals surface area (Å²) >= 11 is 0. The Bertz CT molecular complexity index is 628. The Morgan fingerprint density at radius 1 is 1.30 bits per heavy atom. The van der Waals surface area contributed by atoms with Crippen molar-refractivity contribution in [2.45, 2.75) is 13.3 Å². The summed E-state index contributed by atoms with van der Waals surface area (Å²) in [5.41, 5.74) is 2.58. The zero-order valence-corrected chi connectivity index (χ0v) is 11.2. The Balaban J connectivity index is 2.05. The second-order valence-corrected chi connectivity index (χ2v) is 4.48. The molecule has 20 heavy (non-hydrogen) atoms. The van der Waals surface area contributed by atoms with Crippen LogP contribution in [0.25, 0.3) is 0 Å². The number of hydrogen-bond acceptors (Lipinski definition) is 5. The van der Waals surface area contributed by atoms with E-state index in [4.69, 9.17) is 4.74 Å². The van der Waals surface area contributed by atoms with Crippen LogP contribution >= 0.6 is 0 Å². The van der Waals surface area contributed by atoms with Crippen LogP contribution in [-0.4, -0.2) is 29.1 Å². The average Bonchev–Trinajstić information content (AvgIpc) is 2.92. The monoisotopic (exact) mass is 269 g/mol. The van der Waals surface area contributed by atoms with E-state index < -0.39 is 0 Å². The Hall–Kier alpha value is -2.43. The molecule has 0 N–H and O–H groups in total. The first kappa shape index (κ1) is 12.6. The molecule has 2 heterocycles. The molecule has 1 aromatic heterocycles. The van der Waals surface area contributed by atoms with Gasteiger partial charge in [0.15, 0.2) is 0 Å². The van der Waals surface area contributed by atoms with Gasteiger partial charge in [-0.25, -0.2) is 14.8 Å². The predicted molar refractivity (Wildman–Crippen MR) is 75.1 cm³/mol. The summed E-state index contributed by atoms with van der Waals surface area (Å²) in [7, 11) is 0. The van der Waals surface area contributed by atoms with E-state index >= 15 is 0 Å². The maximum atomic E-state index is 12.1. The molecule has 0 amide bonds. The molecule has 0 bridgehead atoms. The lowest BCUT2D eigenvalue weighted by atomic mass is 10.1. The maximum absolute atomic E-state index is 12.1. The van der Waals surface area contributed by atoms with Crippen molar-refractivity contribution in [2.24, 2.45) is 0 Å². The van der Waals surface area contributed by atoms with Crippen molar-refractivity contribution >= 4 is 17.6 Å². The van der Waals surface area contributed by atoms with Crippen molar-refractivity contribution in [1.82, 2.24) is 9.97 Å². The van der Waals surface area contributed by atoms with Gasteiger partial charge in [0, 0.05) is 18.9 Å². The molecule has 102 valence electrons. The van der Waals surface area contributed by atoms with Crippen molar-refractivity contribution in [2.75, 3.05) is 18.1 Å². The van der Waals surface area contributed by atoms with Gasteiger partial charge < -0.3 is 9.64 Å². The fourth-order valence-electron chi connectivity index (χ4n) is 2.46. The number of carbonyl (C=O) groups is 1. The number of nitrogens with zero attached hydrogens (tertiary/aromatic N) is 3. The number of para-hydroxylation sites is 1. The van der Waals surface area contributed by atoms with Gasteiger partial charge in [-0.1, -0.05) is 12.1 Å². The Labute approximate surface area is 117 Å². The number of fused-ring (bicyclic) bond motifs is 1. The zero-order valence-electron chi connectivity index (χ0n) is 11.2. The first-order chi connectivity index (χ1) is 9.81. The molecule has 0 saturated carbocycles. The molecule has 5 nitrogen and oxygen atoms in total. The van der Waals surface area contributed by atoms with Gasteiger partial charge in [-0.05, 0) is 31.0 Å². The number of anilines is 2. The molecule has 2 aromatic rings. The highest BCUT2D eigenvalue weighted by atomic mass is 16.5. The molecular formula is C15H15N3O2. The van der Waals surface area contributed by atoms with Gasteiger partial charge in [0.1, 0.15) is 0 Å². The van der Waals surface area contributed by atoms with Crippen LogP contribution in [0.4, 0.5) is 11.6 Å². The summed E-state index contributed by atoms with van der Waals surface area (Å²) in [4.78, 5) is 22.6. The lowest BCUT2D eigenvalue weighted by molar-refractivity contribution is 0.0527. The lowest BCUT2D eigenvalue weighted by Gasteiger charge is -2.19. The molecular weight excluding hydrogens is 254 g/mol. The van der Waals surface area contributed by atoms with Crippen LogP contribution in [0.2, 0.25) is 0 Å². The fraction of sp³-hybridized carbons (Fsp3) is 0.267. The number of rotatable bonds is 3. The number of hydrogen-bond donors (Lipinski definition) is 0. The second-order valence-electron chi connectivity index (χ2n) is 4.48. The average molecular weight is 269 g/mol. The molecule has 1 aliphatic heterocycles. The highest BCUT2D eigenvalue weighted by Gasteiger charge is 2.28. The normalized spacial score (nSPS) is 13.2. The molecule has 0 unspecified atom stereocenters. The van der Waals surface area contributed by atoms with E-state index in [9.17, 15) is 4.79 Å². The van der Waals surface area contributed by atoms with Gasteiger partial charge in [-0.3, -0.25) is 0 Å². The molecule has 0 saturated heterocycles. The third kappa shape index (κ3) is 2.11. The van der Waals surface area contributed by atoms with Crippen LogP contribution in [0.15, 0.2) is 36.7 Å². The molecule has 0 radical (unpaired) electrons. The molecule has 3 rings (SSSR count). The van der Waals surface area contributed by atoms with E-state index in [1.807, 2.05) is 17.0 Å². The molecule has 0 spiro atoms. The van der Waals surface area contributed by atoms with Crippen molar-refractivity contribution in [3.05, 3.63) is 47.8 Å². The van der Waals surface area contributed by atoms with E-state index in [1.165, 1.54) is 0 Å². The van der Waals surface area contributed by atoms with Crippen molar-refractivity contribution in [3.63, 3.8) is 0 Å². The number of benzene rings is 1. The van der Waals surface area contributed by atoms with E-state index in [1.54, 1.807) is 31.5 Å². The van der Waals surface area contributed by atoms with Crippen LogP contribution < -0.4 is 4.90 Å². The van der Waals surface area contributed by atoms with Crippen LogP contribution in [0.5, 0.6) is 0 Å². The Morgan fingerprint density at radius 2 is 2.10 bits per heavy atom. The van der Waals surface area contributed by atoms with Gasteiger partial charge in [0.2, 0.25) is 5.95 Å². The van der Waals surface area contributed by atoms with Crippen LogP contribution in [0, 0.1) is 0 Å². The topological polar surface area (TPSA) is 55.3 Å². The quantitative estimate of drug-likeness (QED) is 0.800. The maximum Gasteiger partial charge on any atom is 0.340 e. The Morgan fingerprint density at radius 3 is 2.85 bits per heavy atom. The second kappa shape index (κ2) is 5.28. The third-order valence-electron chi connectivity index (χ3n) is 3.28. The summed E-state index contributed by atoms with van der Waals surface area (Å²) in [6.07, 6.45) is 4.28. The van der Waals surface area contributed by atoms with E-state index in [0.29, 0.717) is 18.1 Å². The van der Waals surface area contributed by atoms with E-state index in [2.05, 4.69) is 9.97 Å². The molecule has 5 heteroatoms. The molecule has 1 aromatic carbocycles. The van der Waals surface area contributed by atoms with E-state index in [0.717, 1.165) is 24.2 Å². The van der Waals surface area contributed by atoms with Gasteiger partial charge in [-0.15, -0.1) is 0 Å². The molecule has 1 aliphatic rings. The minimum atomic E-state index is -0.299. The van der Waals surface area contributed by atoms with Crippen molar-refractivity contribution in [1.29, 1.82) is 0 Å². The van der Waals surface area contributed by atoms with Crippen molar-refractivity contribution in [3.8, 4) is 0 Å². The van der Waals surface area contributed by atoms with Crippen molar-refractivity contribution < 1.29 is 9.53 Å². The summed E-state index contributed by atoms with van der Waals surface area (Å²) in [6, 6.07) is 7.48. The zero-order chi connectivity index (χ0) is 13.9. The summed E-state index contributed by atoms with van der Waals surface area (Å²) in [6.45, 7) is 2.94. The van der Waals surface area contributed by atoms with Crippen LogP contribution in [0.1, 0.15) is 22.8 Å². The summed E-state index contributed by atoms with van der Waals surface area (Å²) in [5, 5.41) is 0. The van der Waals surface area contributed by atoms with Gasteiger partial charge in [0.05, 0.1) is 17.9 Å². The van der Waals surface area contributed by atoms with Gasteiger partial charge in [0.25, 0.3) is 0 Å². The van der Waals surface area contributed by atoms with E-state index in [-0.39, 0.29) is 5.97 Å².